The van der Waals surface area contributed by atoms with Crippen molar-refractivity contribution in [1.29, 1.82) is 0 Å². The van der Waals surface area contributed by atoms with Crippen molar-refractivity contribution in [2.24, 2.45) is 0 Å². The summed E-state index contributed by atoms with van der Waals surface area (Å²) in [7, 11) is 1.40. The Balaban J connectivity index is 2.48. The summed E-state index contributed by atoms with van der Waals surface area (Å²) in [6.07, 6.45) is 1.45. The molecule has 2 rings (SSSR count). The number of nitrogens with zero attached hydrogens (tertiary/aromatic N) is 2. The van der Waals surface area contributed by atoms with Gasteiger partial charge in [0.25, 0.3) is 5.69 Å². The lowest BCUT2D eigenvalue weighted by Crippen LogP contribution is -2.33. The molecule has 0 amide bonds. The molecule has 110 valence electrons. The minimum atomic E-state index is -1.08. The van der Waals surface area contributed by atoms with Crippen LogP contribution in [0.25, 0.3) is 10.9 Å². The molecule has 2 aromatic rings. The average molecular weight is 291 g/mol. The number of nitrogens with one attached hydrogen (secondary N) is 1. The molecule has 0 radical (unpaired) electrons. The molecule has 8 nitrogen and oxygen atoms in total. The lowest BCUT2D eigenvalue weighted by atomic mass is 10.1. The summed E-state index contributed by atoms with van der Waals surface area (Å²) in [4.78, 5) is 25.6. The second-order valence-electron chi connectivity index (χ2n) is 4.28. The number of nitro groups is 1. The zero-order valence-electron chi connectivity index (χ0n) is 11.1. The van der Waals surface area contributed by atoms with E-state index in [1.807, 2.05) is 0 Å². The zero-order valence-corrected chi connectivity index (χ0v) is 11.1. The fraction of sp³-hybridized carbons (Fsp3) is 0.231. The highest BCUT2D eigenvalue weighted by Crippen LogP contribution is 2.30. The smallest absolute Gasteiger partial charge is 0.328 e. The van der Waals surface area contributed by atoms with E-state index in [1.165, 1.54) is 25.4 Å². The highest BCUT2D eigenvalue weighted by Gasteiger charge is 2.20. The van der Waals surface area contributed by atoms with Gasteiger partial charge in [0.05, 0.1) is 11.5 Å². The molecule has 0 bridgehead atoms. The molecule has 0 aliphatic rings. The summed E-state index contributed by atoms with van der Waals surface area (Å²) < 4.78 is 4.84. The molecule has 0 aliphatic heterocycles. The maximum absolute atomic E-state index is 11.1. The van der Waals surface area contributed by atoms with Crippen LogP contribution in [0.2, 0.25) is 0 Å². The Hall–Kier alpha value is -2.74. The maximum atomic E-state index is 11.1. The van der Waals surface area contributed by atoms with Crippen molar-refractivity contribution in [2.75, 3.05) is 19.0 Å². The van der Waals surface area contributed by atoms with Gasteiger partial charge in [-0.2, -0.15) is 0 Å². The largest absolute Gasteiger partial charge is 0.480 e. The molecule has 1 heterocycles. The molecule has 1 aromatic heterocycles. The van der Waals surface area contributed by atoms with Gasteiger partial charge in [-0.3, -0.25) is 10.1 Å². The molecule has 21 heavy (non-hydrogen) atoms. The molecule has 0 saturated carbocycles. The molecular formula is C13H13N3O5. The molecule has 1 aromatic carbocycles. The Bertz CT molecular complexity index is 689. The van der Waals surface area contributed by atoms with Gasteiger partial charge in [0.15, 0.2) is 0 Å². The number of aliphatic carboxylic acids is 1. The molecular weight excluding hydrogens is 278 g/mol. The van der Waals surface area contributed by atoms with Crippen LogP contribution < -0.4 is 5.32 Å². The second-order valence-corrected chi connectivity index (χ2v) is 4.28. The van der Waals surface area contributed by atoms with E-state index in [9.17, 15) is 14.9 Å². The maximum Gasteiger partial charge on any atom is 0.328 e. The van der Waals surface area contributed by atoms with E-state index in [0.717, 1.165) is 0 Å². The Morgan fingerprint density at radius 2 is 2.29 bits per heavy atom. The molecule has 0 saturated heterocycles. The molecule has 0 spiro atoms. The Morgan fingerprint density at radius 1 is 1.52 bits per heavy atom. The number of ether oxygens (including phenoxy) is 1. The predicted octanol–water partition coefficient (Wildman–Crippen LogP) is 1.65. The van der Waals surface area contributed by atoms with Crippen molar-refractivity contribution < 1.29 is 19.6 Å². The Morgan fingerprint density at radius 3 is 2.90 bits per heavy atom. The third kappa shape index (κ3) is 3.06. The van der Waals surface area contributed by atoms with Crippen molar-refractivity contribution >= 4 is 28.2 Å². The number of aromatic nitrogens is 1. The fourth-order valence-corrected chi connectivity index (χ4v) is 1.96. The van der Waals surface area contributed by atoms with Gasteiger partial charge in [0.1, 0.15) is 11.6 Å². The number of carbonyl (C=O) groups is 1. The van der Waals surface area contributed by atoms with Gasteiger partial charge in [-0.25, -0.2) is 9.78 Å². The third-order valence-corrected chi connectivity index (χ3v) is 2.91. The standard InChI is InChI=1S/C13H13N3O5/c1-21-7-10(13(17)18)15-9-4-5-11(16(19)20)12-8(9)3-2-6-14-12/h2-6,10,15H,7H2,1H3,(H,17,18). The zero-order chi connectivity index (χ0) is 15.4. The van der Waals surface area contributed by atoms with Crippen LogP contribution in [0.4, 0.5) is 11.4 Å². The van der Waals surface area contributed by atoms with E-state index in [0.29, 0.717) is 11.1 Å². The minimum absolute atomic E-state index is 0.0337. The van der Waals surface area contributed by atoms with Crippen LogP contribution >= 0.6 is 0 Å². The van der Waals surface area contributed by atoms with E-state index < -0.39 is 16.9 Å². The van der Waals surface area contributed by atoms with Crippen molar-refractivity contribution in [3.63, 3.8) is 0 Å². The summed E-state index contributed by atoms with van der Waals surface area (Å²) in [5.74, 6) is -1.08. The number of nitro benzene ring substituents is 1. The van der Waals surface area contributed by atoms with Crippen molar-refractivity contribution in [1.82, 2.24) is 4.98 Å². The van der Waals surface area contributed by atoms with Crippen LogP contribution in [-0.2, 0) is 9.53 Å². The minimum Gasteiger partial charge on any atom is -0.480 e. The normalized spacial score (nSPS) is 12.0. The number of rotatable bonds is 6. The molecule has 0 fully saturated rings. The number of hydrogen-bond acceptors (Lipinski definition) is 6. The number of carboxylic acid groups (broad SMARTS) is 1. The number of anilines is 1. The molecule has 1 unspecified atom stereocenters. The van der Waals surface area contributed by atoms with Gasteiger partial charge in [-0.1, -0.05) is 0 Å². The van der Waals surface area contributed by atoms with Crippen molar-refractivity contribution in [2.45, 2.75) is 6.04 Å². The monoisotopic (exact) mass is 291 g/mol. The SMILES string of the molecule is COCC(Nc1ccc([N+](=O)[O-])c2ncccc12)C(=O)O. The summed E-state index contributed by atoms with van der Waals surface area (Å²) in [5, 5.41) is 23.4. The summed E-state index contributed by atoms with van der Waals surface area (Å²) >= 11 is 0. The van der Waals surface area contributed by atoms with Gasteiger partial charge in [-0.05, 0) is 18.2 Å². The Labute approximate surface area is 119 Å². The average Bonchev–Trinajstić information content (AvgIpc) is 2.46. The lowest BCUT2D eigenvalue weighted by Gasteiger charge is -2.16. The molecule has 2 N–H and O–H groups in total. The van der Waals surface area contributed by atoms with E-state index >= 15 is 0 Å². The van der Waals surface area contributed by atoms with Crippen molar-refractivity contribution in [3.8, 4) is 0 Å². The first kappa shape index (κ1) is 14.7. The highest BCUT2D eigenvalue weighted by atomic mass is 16.6. The molecule has 0 aliphatic carbocycles. The first-order valence-electron chi connectivity index (χ1n) is 6.05. The summed E-state index contributed by atoms with van der Waals surface area (Å²) in [6.45, 7) is -0.0337. The Kier molecular flexibility index (Phi) is 4.29. The number of methoxy groups -OCH3 is 1. The van der Waals surface area contributed by atoms with Gasteiger partial charge in [0, 0.05) is 30.4 Å². The summed E-state index contributed by atoms with van der Waals surface area (Å²) in [6, 6.07) is 5.07. The quantitative estimate of drug-likeness (QED) is 0.614. The highest BCUT2D eigenvalue weighted by molar-refractivity contribution is 5.98. The van der Waals surface area contributed by atoms with E-state index in [1.54, 1.807) is 12.1 Å². The fourth-order valence-electron chi connectivity index (χ4n) is 1.96. The first-order chi connectivity index (χ1) is 10.0. The number of benzene rings is 1. The van der Waals surface area contributed by atoms with E-state index in [4.69, 9.17) is 9.84 Å². The molecule has 1 atom stereocenters. The van der Waals surface area contributed by atoms with Crippen LogP contribution in [0.15, 0.2) is 30.5 Å². The van der Waals surface area contributed by atoms with Gasteiger partial charge >= 0.3 is 5.97 Å². The number of fused-ring (bicyclic) bond motifs is 1. The lowest BCUT2D eigenvalue weighted by molar-refractivity contribution is -0.383. The number of non-ortho nitro benzene ring substituents is 1. The van der Waals surface area contributed by atoms with Crippen molar-refractivity contribution in [3.05, 3.63) is 40.6 Å². The number of pyridine rings is 1. The van der Waals surface area contributed by atoms with Crippen LogP contribution in [-0.4, -0.2) is 40.7 Å². The van der Waals surface area contributed by atoms with Gasteiger partial charge < -0.3 is 15.2 Å². The molecule has 8 heteroatoms. The predicted molar refractivity (Wildman–Crippen MR) is 75.3 cm³/mol. The van der Waals surface area contributed by atoms with Crippen LogP contribution in [0.1, 0.15) is 0 Å². The second kappa shape index (κ2) is 6.14. The van der Waals surface area contributed by atoms with E-state index in [-0.39, 0.29) is 17.8 Å². The van der Waals surface area contributed by atoms with Gasteiger partial charge in [0.2, 0.25) is 0 Å². The first-order valence-corrected chi connectivity index (χ1v) is 6.05. The van der Waals surface area contributed by atoms with Gasteiger partial charge in [-0.15, -0.1) is 0 Å². The summed E-state index contributed by atoms with van der Waals surface area (Å²) in [5.41, 5.74) is 0.525. The number of hydrogen-bond donors (Lipinski definition) is 2. The third-order valence-electron chi connectivity index (χ3n) is 2.91. The van der Waals surface area contributed by atoms with Crippen LogP contribution in [0, 0.1) is 10.1 Å². The topological polar surface area (TPSA) is 115 Å². The van der Waals surface area contributed by atoms with E-state index in [2.05, 4.69) is 10.3 Å². The van der Waals surface area contributed by atoms with Crippen LogP contribution in [0.5, 0.6) is 0 Å². The van der Waals surface area contributed by atoms with Crippen LogP contribution in [0.3, 0.4) is 0 Å². The number of carboxylic acids is 1.